The Balaban J connectivity index is 0.00000192. The van der Waals surface area contributed by atoms with Gasteiger partial charge in [-0.1, -0.05) is 0 Å². The van der Waals surface area contributed by atoms with Crippen LogP contribution < -0.4 is 15.9 Å². The Morgan fingerprint density at radius 3 is 1.17 bits per heavy atom. The molecular formula is C21H24P2. The van der Waals surface area contributed by atoms with Crippen molar-refractivity contribution in [2.75, 3.05) is 6.16 Å². The molecule has 0 amide bonds. The number of hydrogen-bond donors (Lipinski definition) is 0. The standard InChI is InChI=1S/C21H21P.H3P/c1-2-18-22(19-12-6-3-7-13-19,20-14-8-4-9-15-20)21-16-10-5-11-17-21;/h2-17,22H,1,18H2;1H3. The Labute approximate surface area is 143 Å². The van der Waals surface area contributed by atoms with Crippen LogP contribution in [0.4, 0.5) is 0 Å². The fourth-order valence-corrected chi connectivity index (χ4v) is 7.66. The van der Waals surface area contributed by atoms with Gasteiger partial charge in [0.15, 0.2) is 0 Å². The molecule has 0 radical (unpaired) electrons. The summed E-state index contributed by atoms with van der Waals surface area (Å²) >= 11 is 0. The molecule has 2 heteroatoms. The minimum Gasteiger partial charge on any atom is -0.153 e. The van der Waals surface area contributed by atoms with E-state index in [1.54, 1.807) is 0 Å². The molecule has 0 aliphatic carbocycles. The second-order valence-corrected chi connectivity index (χ2v) is 9.45. The molecule has 0 saturated heterocycles. The van der Waals surface area contributed by atoms with E-state index in [1.807, 2.05) is 0 Å². The van der Waals surface area contributed by atoms with Crippen LogP contribution >= 0.6 is 17.2 Å². The van der Waals surface area contributed by atoms with Crippen molar-refractivity contribution < 1.29 is 0 Å². The quantitative estimate of drug-likeness (QED) is 0.488. The third-order valence-electron chi connectivity index (χ3n) is 4.25. The van der Waals surface area contributed by atoms with Gasteiger partial charge in [-0.2, -0.15) is 9.90 Å². The third-order valence-corrected chi connectivity index (χ3v) is 9.11. The largest absolute Gasteiger partial charge is 0.153 e. The summed E-state index contributed by atoms with van der Waals surface area (Å²) < 4.78 is 0. The van der Waals surface area contributed by atoms with Crippen molar-refractivity contribution in [2.45, 2.75) is 0 Å². The average molecular weight is 338 g/mol. The third kappa shape index (κ3) is 3.45. The predicted molar refractivity (Wildman–Crippen MR) is 113 cm³/mol. The molecule has 0 fully saturated rings. The Hall–Kier alpha value is -1.74. The summed E-state index contributed by atoms with van der Waals surface area (Å²) in [6, 6.07) is 32.8. The molecule has 1 unspecified atom stereocenters. The molecule has 23 heavy (non-hydrogen) atoms. The van der Waals surface area contributed by atoms with Crippen molar-refractivity contribution >= 4 is 33.1 Å². The minimum atomic E-state index is -2.04. The number of hydrogen-bond acceptors (Lipinski definition) is 0. The van der Waals surface area contributed by atoms with E-state index >= 15 is 0 Å². The van der Waals surface area contributed by atoms with E-state index in [-0.39, 0.29) is 9.90 Å². The van der Waals surface area contributed by atoms with Crippen LogP contribution in [-0.2, 0) is 0 Å². The van der Waals surface area contributed by atoms with Gasteiger partial charge in [-0.3, -0.25) is 0 Å². The van der Waals surface area contributed by atoms with Crippen molar-refractivity contribution in [3.63, 3.8) is 0 Å². The van der Waals surface area contributed by atoms with Gasteiger partial charge >= 0.3 is 133 Å². The molecule has 3 rings (SSSR count). The van der Waals surface area contributed by atoms with Crippen molar-refractivity contribution in [3.8, 4) is 0 Å². The van der Waals surface area contributed by atoms with Crippen LogP contribution in [0, 0.1) is 0 Å². The smallest absolute Gasteiger partial charge is 0.153 e. The van der Waals surface area contributed by atoms with E-state index in [9.17, 15) is 0 Å². The summed E-state index contributed by atoms with van der Waals surface area (Å²) in [4.78, 5) is 0. The van der Waals surface area contributed by atoms with Crippen LogP contribution in [0.25, 0.3) is 0 Å². The van der Waals surface area contributed by atoms with Crippen LogP contribution in [0.1, 0.15) is 0 Å². The van der Waals surface area contributed by atoms with Gasteiger partial charge in [-0.25, -0.2) is 0 Å². The monoisotopic (exact) mass is 338 g/mol. The Bertz CT molecular complexity index is 625. The van der Waals surface area contributed by atoms with Crippen LogP contribution in [0.2, 0.25) is 0 Å². The molecule has 0 aliphatic heterocycles. The van der Waals surface area contributed by atoms with Crippen LogP contribution in [0.15, 0.2) is 104 Å². The van der Waals surface area contributed by atoms with Crippen molar-refractivity contribution in [2.24, 2.45) is 0 Å². The van der Waals surface area contributed by atoms with Gasteiger partial charge < -0.3 is 0 Å². The van der Waals surface area contributed by atoms with Gasteiger partial charge in [-0.15, -0.1) is 0 Å². The number of rotatable bonds is 5. The fraction of sp³-hybridized carbons (Fsp3) is 0.0476. The number of allylic oxidation sites excluding steroid dienone is 1. The second-order valence-electron chi connectivity index (χ2n) is 5.50. The molecule has 0 aliphatic rings. The maximum atomic E-state index is 4.06. The molecule has 3 aromatic carbocycles. The van der Waals surface area contributed by atoms with Gasteiger partial charge in [0.25, 0.3) is 0 Å². The molecule has 0 spiro atoms. The summed E-state index contributed by atoms with van der Waals surface area (Å²) in [5.74, 6) is 0. The summed E-state index contributed by atoms with van der Waals surface area (Å²) in [5.41, 5.74) is 0. The first-order valence-electron chi connectivity index (χ1n) is 7.65. The molecular weight excluding hydrogens is 314 g/mol. The number of benzene rings is 3. The Morgan fingerprint density at radius 2 is 0.913 bits per heavy atom. The molecule has 1 atom stereocenters. The predicted octanol–water partition coefficient (Wildman–Crippen LogP) is 3.96. The summed E-state index contributed by atoms with van der Waals surface area (Å²) in [5, 5.41) is 4.31. The normalized spacial score (nSPS) is 11.3. The average Bonchev–Trinajstić information content (AvgIpc) is 2.62. The van der Waals surface area contributed by atoms with E-state index in [4.69, 9.17) is 0 Å². The van der Waals surface area contributed by atoms with Crippen LogP contribution in [0.5, 0.6) is 0 Å². The van der Waals surface area contributed by atoms with Gasteiger partial charge in [0.05, 0.1) is 0 Å². The molecule has 0 N–H and O–H groups in total. The van der Waals surface area contributed by atoms with Gasteiger partial charge in [-0.05, 0) is 0 Å². The first-order chi connectivity index (χ1) is 10.9. The van der Waals surface area contributed by atoms with E-state index < -0.39 is 7.26 Å². The molecule has 0 saturated carbocycles. The summed E-state index contributed by atoms with van der Waals surface area (Å²) in [6.07, 6.45) is 3.09. The molecule has 118 valence electrons. The molecule has 0 nitrogen and oxygen atoms in total. The zero-order valence-electron chi connectivity index (χ0n) is 13.4. The first kappa shape index (κ1) is 17.6. The van der Waals surface area contributed by atoms with Crippen molar-refractivity contribution in [1.82, 2.24) is 0 Å². The van der Waals surface area contributed by atoms with E-state index in [1.165, 1.54) is 15.9 Å². The topological polar surface area (TPSA) is 0 Å². The van der Waals surface area contributed by atoms with Gasteiger partial charge in [0.1, 0.15) is 0 Å². The SMILES string of the molecule is C=CC[PH](c1ccccc1)(c1ccccc1)c1ccccc1.P. The maximum absolute atomic E-state index is 4.06. The first-order valence-corrected chi connectivity index (χ1v) is 9.86. The van der Waals surface area contributed by atoms with E-state index in [0.29, 0.717) is 0 Å². The van der Waals surface area contributed by atoms with E-state index in [0.717, 1.165) is 6.16 Å². The molecule has 0 heterocycles. The minimum absolute atomic E-state index is 0. The zero-order valence-corrected chi connectivity index (χ0v) is 15.8. The van der Waals surface area contributed by atoms with E-state index in [2.05, 4.69) is 104 Å². The summed E-state index contributed by atoms with van der Waals surface area (Å²) in [6.45, 7) is 4.06. The van der Waals surface area contributed by atoms with Crippen molar-refractivity contribution in [1.29, 1.82) is 0 Å². The maximum Gasteiger partial charge on any atom is -0.153 e. The van der Waals surface area contributed by atoms with Crippen LogP contribution in [-0.4, -0.2) is 6.16 Å². The molecule has 0 aromatic heterocycles. The fourth-order valence-electron chi connectivity index (χ4n) is 3.24. The van der Waals surface area contributed by atoms with Gasteiger partial charge in [0.2, 0.25) is 0 Å². The zero-order chi connectivity index (χ0) is 15.3. The summed E-state index contributed by atoms with van der Waals surface area (Å²) in [7, 11) is -2.04. The molecule has 0 bridgehead atoms. The Kier molecular flexibility index (Phi) is 6.28. The van der Waals surface area contributed by atoms with Crippen LogP contribution in [0.3, 0.4) is 0 Å². The second kappa shape index (κ2) is 8.21. The Morgan fingerprint density at radius 1 is 0.609 bits per heavy atom. The molecule has 3 aromatic rings. The van der Waals surface area contributed by atoms with Crippen molar-refractivity contribution in [3.05, 3.63) is 104 Å². The van der Waals surface area contributed by atoms with Gasteiger partial charge in [0, 0.05) is 0 Å².